The summed E-state index contributed by atoms with van der Waals surface area (Å²) in [4.78, 5) is 0. The maximum Gasteiger partial charge on any atom is 0.0442 e. The van der Waals surface area contributed by atoms with Gasteiger partial charge in [-0.2, -0.15) is 10.2 Å². The van der Waals surface area contributed by atoms with Crippen LogP contribution in [0.15, 0.2) is 10.2 Å². The van der Waals surface area contributed by atoms with Crippen molar-refractivity contribution in [2.45, 2.75) is 64.2 Å². The number of hydrogen-bond acceptors (Lipinski definition) is 2. The van der Waals surface area contributed by atoms with Crippen LogP contribution < -0.4 is 0 Å². The van der Waals surface area contributed by atoms with Crippen LogP contribution in [0.5, 0.6) is 0 Å². The first-order chi connectivity index (χ1) is 10.9. The summed E-state index contributed by atoms with van der Waals surface area (Å²) in [6, 6.07) is 0. The van der Waals surface area contributed by atoms with E-state index in [-0.39, 0.29) is 0 Å². The number of hydrogen-bond donors (Lipinski definition) is 0. The lowest BCUT2D eigenvalue weighted by Gasteiger charge is -2.26. The lowest BCUT2D eigenvalue weighted by molar-refractivity contribution is 0.331. The normalized spacial score (nSPS) is 58.2. The Kier molecular flexibility index (Phi) is 2.57. The molecule has 0 heterocycles. The van der Waals surface area contributed by atoms with Crippen molar-refractivity contribution in [3.63, 3.8) is 0 Å². The number of fused-ring (bicyclic) bond motifs is 10. The minimum Gasteiger partial charge on any atom is -0.160 e. The smallest absolute Gasteiger partial charge is 0.0442 e. The van der Waals surface area contributed by atoms with Gasteiger partial charge in [0.1, 0.15) is 0 Å². The molecule has 0 aromatic heterocycles. The molecule has 6 aliphatic carbocycles. The molecule has 6 saturated carbocycles. The van der Waals surface area contributed by atoms with Crippen molar-refractivity contribution >= 4 is 11.4 Å². The highest BCUT2D eigenvalue weighted by Gasteiger charge is 2.54. The number of rotatable bonds is 1. The number of nitrogens with zero attached hydrogens (tertiary/aromatic N) is 2. The van der Waals surface area contributed by atoms with Crippen molar-refractivity contribution in [1.29, 1.82) is 0 Å². The molecule has 6 aliphatic rings. The molecule has 0 aliphatic heterocycles. The quantitative estimate of drug-likeness (QED) is 0.627. The molecule has 8 unspecified atom stereocenters. The molecule has 22 heavy (non-hydrogen) atoms. The van der Waals surface area contributed by atoms with Crippen LogP contribution in [0.25, 0.3) is 0 Å². The molecular formula is C20H28N2. The third-order valence-electron chi connectivity index (χ3n) is 8.71. The minimum absolute atomic E-state index is 0.833. The van der Waals surface area contributed by atoms with E-state index in [9.17, 15) is 0 Å². The van der Waals surface area contributed by atoms with E-state index < -0.39 is 0 Å². The summed E-state index contributed by atoms with van der Waals surface area (Å²) in [6.07, 6.45) is 14.5. The van der Waals surface area contributed by atoms with E-state index in [0.29, 0.717) is 0 Å². The summed E-state index contributed by atoms with van der Waals surface area (Å²) in [5.74, 6) is 7.76. The van der Waals surface area contributed by atoms with Gasteiger partial charge in [-0.25, -0.2) is 0 Å². The zero-order chi connectivity index (χ0) is 14.3. The summed E-state index contributed by atoms with van der Waals surface area (Å²) < 4.78 is 0. The monoisotopic (exact) mass is 296 g/mol. The Bertz CT molecular complexity index is 512. The average molecular weight is 296 g/mol. The molecule has 4 bridgehead atoms. The van der Waals surface area contributed by atoms with Gasteiger partial charge >= 0.3 is 0 Å². The summed E-state index contributed by atoms with van der Waals surface area (Å²) in [6.45, 7) is 0. The molecule has 118 valence electrons. The van der Waals surface area contributed by atoms with Crippen LogP contribution in [-0.4, -0.2) is 11.4 Å². The molecule has 0 aromatic carbocycles. The molecule has 8 atom stereocenters. The Morgan fingerprint density at radius 2 is 1.05 bits per heavy atom. The van der Waals surface area contributed by atoms with E-state index in [4.69, 9.17) is 10.2 Å². The minimum atomic E-state index is 0.833. The fourth-order valence-corrected chi connectivity index (χ4v) is 7.99. The second-order valence-corrected chi connectivity index (χ2v) is 9.31. The van der Waals surface area contributed by atoms with Crippen molar-refractivity contribution < 1.29 is 0 Å². The zero-order valence-corrected chi connectivity index (χ0v) is 13.6. The Hall–Kier alpha value is -0.660. The van der Waals surface area contributed by atoms with Gasteiger partial charge in [-0.15, -0.1) is 0 Å². The van der Waals surface area contributed by atoms with E-state index in [0.717, 1.165) is 47.3 Å². The van der Waals surface area contributed by atoms with Gasteiger partial charge < -0.3 is 0 Å². The van der Waals surface area contributed by atoms with Gasteiger partial charge in [0.2, 0.25) is 0 Å². The second-order valence-electron chi connectivity index (χ2n) is 9.31. The predicted octanol–water partition coefficient (Wildman–Crippen LogP) is 4.70. The van der Waals surface area contributed by atoms with E-state index in [1.807, 2.05) is 0 Å². The van der Waals surface area contributed by atoms with Gasteiger partial charge in [-0.3, -0.25) is 0 Å². The average Bonchev–Trinajstić information content (AvgIpc) is 3.33. The fraction of sp³-hybridized carbons (Fsp3) is 0.900. The topological polar surface area (TPSA) is 24.7 Å². The van der Waals surface area contributed by atoms with Crippen LogP contribution in [0.1, 0.15) is 64.2 Å². The standard InChI is InChI=1S/C20H28N2/c1-3-13-11-7-17(15(13)5-1)19(9-11)21-22-20-10-12-8-18(20)16-6-2-4-14(12)16/h11-18H,1-10H2. The van der Waals surface area contributed by atoms with Crippen molar-refractivity contribution in [3.8, 4) is 0 Å². The van der Waals surface area contributed by atoms with Crippen molar-refractivity contribution in [2.75, 3.05) is 0 Å². The summed E-state index contributed by atoms with van der Waals surface area (Å²) >= 11 is 0. The first-order valence-electron chi connectivity index (χ1n) is 10.0. The lowest BCUT2D eigenvalue weighted by Crippen LogP contribution is -2.25. The second kappa shape index (κ2) is 4.45. The summed E-state index contributed by atoms with van der Waals surface area (Å²) in [5.41, 5.74) is 3.01. The SMILES string of the molecule is C1CC2C3CC(=NN=C4CC5CC4C4CCCC54)C(C3)C2C1. The molecule has 2 heteroatoms. The van der Waals surface area contributed by atoms with Gasteiger partial charge in [0.05, 0.1) is 0 Å². The van der Waals surface area contributed by atoms with Crippen molar-refractivity contribution in [2.24, 2.45) is 57.5 Å². The third-order valence-corrected chi connectivity index (χ3v) is 8.71. The van der Waals surface area contributed by atoms with Crippen LogP contribution >= 0.6 is 0 Å². The molecule has 0 radical (unpaired) electrons. The van der Waals surface area contributed by atoms with Crippen LogP contribution in [0.3, 0.4) is 0 Å². The Morgan fingerprint density at radius 3 is 1.55 bits per heavy atom. The van der Waals surface area contributed by atoms with Crippen LogP contribution in [0, 0.1) is 47.3 Å². The van der Waals surface area contributed by atoms with Gasteiger partial charge in [-0.1, -0.05) is 12.8 Å². The predicted molar refractivity (Wildman–Crippen MR) is 89.0 cm³/mol. The molecular weight excluding hydrogens is 268 g/mol. The maximum atomic E-state index is 4.89. The fourth-order valence-electron chi connectivity index (χ4n) is 7.99. The Labute approximate surface area is 133 Å². The van der Waals surface area contributed by atoms with Crippen LogP contribution in [-0.2, 0) is 0 Å². The van der Waals surface area contributed by atoms with E-state index in [1.165, 1.54) is 75.6 Å². The molecule has 6 fully saturated rings. The highest BCUT2D eigenvalue weighted by Crippen LogP contribution is 2.59. The molecule has 0 aromatic rings. The summed E-state index contributed by atoms with van der Waals surface area (Å²) in [5, 5.41) is 9.77. The van der Waals surface area contributed by atoms with Crippen molar-refractivity contribution in [3.05, 3.63) is 0 Å². The molecule has 0 spiro atoms. The third kappa shape index (κ3) is 1.57. The Morgan fingerprint density at radius 1 is 0.591 bits per heavy atom. The van der Waals surface area contributed by atoms with Crippen LogP contribution in [0.2, 0.25) is 0 Å². The molecule has 0 N–H and O–H groups in total. The van der Waals surface area contributed by atoms with Gasteiger partial charge in [0, 0.05) is 23.3 Å². The first-order valence-corrected chi connectivity index (χ1v) is 10.0. The molecule has 0 saturated heterocycles. The summed E-state index contributed by atoms with van der Waals surface area (Å²) in [7, 11) is 0. The van der Waals surface area contributed by atoms with Crippen LogP contribution in [0.4, 0.5) is 0 Å². The highest BCUT2D eigenvalue weighted by atomic mass is 15.2. The molecule has 2 nitrogen and oxygen atoms in total. The van der Waals surface area contributed by atoms with E-state index in [2.05, 4.69) is 0 Å². The van der Waals surface area contributed by atoms with Gasteiger partial charge in [0.25, 0.3) is 0 Å². The van der Waals surface area contributed by atoms with E-state index >= 15 is 0 Å². The first kappa shape index (κ1) is 12.7. The lowest BCUT2D eigenvalue weighted by atomic mass is 9.80. The molecule has 6 rings (SSSR count). The highest BCUT2D eigenvalue weighted by molar-refractivity contribution is 5.93. The maximum absolute atomic E-state index is 4.89. The largest absolute Gasteiger partial charge is 0.160 e. The zero-order valence-electron chi connectivity index (χ0n) is 13.6. The van der Waals surface area contributed by atoms with Gasteiger partial charge in [-0.05, 0) is 86.9 Å². The Balaban J connectivity index is 1.24. The van der Waals surface area contributed by atoms with E-state index in [1.54, 1.807) is 0 Å². The molecule has 0 amide bonds. The van der Waals surface area contributed by atoms with Crippen molar-refractivity contribution in [1.82, 2.24) is 0 Å². The van der Waals surface area contributed by atoms with Gasteiger partial charge in [0.15, 0.2) is 0 Å².